The molecule has 2 N–H and O–H groups in total. The van der Waals surface area contributed by atoms with Gasteiger partial charge in [-0.3, -0.25) is 4.68 Å². The summed E-state index contributed by atoms with van der Waals surface area (Å²) in [5.41, 5.74) is 1.25. The van der Waals surface area contributed by atoms with E-state index in [0.29, 0.717) is 16.6 Å². The van der Waals surface area contributed by atoms with E-state index in [1.165, 1.54) is 11.3 Å². The van der Waals surface area contributed by atoms with E-state index in [4.69, 9.17) is 5.11 Å². The molecule has 2 heterocycles. The molecule has 0 aliphatic rings. The highest BCUT2D eigenvalue weighted by atomic mass is 32.1. The van der Waals surface area contributed by atoms with E-state index in [2.05, 4.69) is 15.4 Å². The molecule has 0 bridgehead atoms. The molecule has 2 aromatic rings. The van der Waals surface area contributed by atoms with Crippen molar-refractivity contribution in [2.24, 2.45) is 7.05 Å². The van der Waals surface area contributed by atoms with Crippen LogP contribution in [0.2, 0.25) is 0 Å². The Kier molecular flexibility index (Phi) is 3.61. The van der Waals surface area contributed by atoms with E-state index in [1.54, 1.807) is 13.1 Å². The van der Waals surface area contributed by atoms with Crippen molar-refractivity contribution in [1.29, 1.82) is 0 Å². The number of carbonyl (C=O) groups is 1. The minimum atomic E-state index is -0.983. The predicted molar refractivity (Wildman–Crippen MR) is 69.2 cm³/mol. The van der Waals surface area contributed by atoms with Gasteiger partial charge in [-0.1, -0.05) is 0 Å². The molecule has 0 aromatic carbocycles. The number of nitrogens with one attached hydrogen (secondary N) is 1. The molecule has 7 heteroatoms. The van der Waals surface area contributed by atoms with Gasteiger partial charge in [-0.25, -0.2) is 9.78 Å². The van der Waals surface area contributed by atoms with Crippen molar-refractivity contribution in [3.63, 3.8) is 0 Å². The normalized spacial score (nSPS) is 10.6. The number of carboxylic acid groups (broad SMARTS) is 1. The summed E-state index contributed by atoms with van der Waals surface area (Å²) in [5.74, 6) is -0.983. The lowest BCUT2D eigenvalue weighted by atomic mass is 10.3. The van der Waals surface area contributed by atoms with Gasteiger partial charge in [0.1, 0.15) is 0 Å². The predicted octanol–water partition coefficient (Wildman–Crippen LogP) is 1.54. The first kappa shape index (κ1) is 12.6. The molecule has 0 aliphatic carbocycles. The summed E-state index contributed by atoms with van der Waals surface area (Å²) in [4.78, 5) is 15.6. The van der Waals surface area contributed by atoms with Gasteiger partial charge in [0.2, 0.25) is 0 Å². The van der Waals surface area contributed by atoms with Crippen LogP contribution >= 0.6 is 11.3 Å². The highest BCUT2D eigenvalue weighted by molar-refractivity contribution is 7.15. The molecule has 0 radical (unpaired) electrons. The Bertz CT molecular complexity index is 561. The average molecular weight is 266 g/mol. The topological polar surface area (TPSA) is 80.0 Å². The molecule has 0 unspecified atom stereocenters. The Morgan fingerprint density at radius 2 is 2.39 bits per heavy atom. The maximum Gasteiger partial charge on any atom is 0.355 e. The van der Waals surface area contributed by atoms with Crippen LogP contribution in [-0.2, 0) is 13.5 Å². The molecule has 0 saturated carbocycles. The molecule has 0 saturated heterocycles. The molecule has 2 aromatic heterocycles. The zero-order valence-corrected chi connectivity index (χ0v) is 11.0. The van der Waals surface area contributed by atoms with E-state index >= 15 is 0 Å². The quantitative estimate of drug-likeness (QED) is 0.858. The monoisotopic (exact) mass is 266 g/mol. The standard InChI is InChI=1S/C11H14N4O2S/c1-7-9(10(16)17)14-11(18-7)12-5-3-8-4-6-13-15(8)2/h4,6H,3,5H2,1-2H3,(H,12,14)(H,16,17). The van der Waals surface area contributed by atoms with Crippen molar-refractivity contribution in [3.8, 4) is 0 Å². The van der Waals surface area contributed by atoms with E-state index in [1.807, 2.05) is 17.8 Å². The second-order valence-corrected chi connectivity index (χ2v) is 5.06. The van der Waals surface area contributed by atoms with Crippen molar-refractivity contribution in [3.05, 3.63) is 28.5 Å². The second kappa shape index (κ2) is 5.18. The van der Waals surface area contributed by atoms with E-state index in [9.17, 15) is 4.79 Å². The molecule has 18 heavy (non-hydrogen) atoms. The van der Waals surface area contributed by atoms with Crippen LogP contribution in [-0.4, -0.2) is 32.4 Å². The van der Waals surface area contributed by atoms with Crippen LogP contribution in [0.25, 0.3) is 0 Å². The molecule has 0 atom stereocenters. The van der Waals surface area contributed by atoms with E-state index in [-0.39, 0.29) is 5.69 Å². The molecule has 0 spiro atoms. The molecular formula is C11H14N4O2S. The molecule has 96 valence electrons. The fraction of sp³-hybridized carbons (Fsp3) is 0.364. The Morgan fingerprint density at radius 3 is 2.94 bits per heavy atom. The van der Waals surface area contributed by atoms with Gasteiger partial charge in [-0.05, 0) is 13.0 Å². The number of thiazole rings is 1. The number of nitrogens with zero attached hydrogens (tertiary/aromatic N) is 3. The molecule has 0 fully saturated rings. The highest BCUT2D eigenvalue weighted by Gasteiger charge is 2.13. The third kappa shape index (κ3) is 2.67. The summed E-state index contributed by atoms with van der Waals surface area (Å²) in [6.07, 6.45) is 2.57. The number of rotatable bonds is 5. The zero-order chi connectivity index (χ0) is 13.1. The van der Waals surface area contributed by atoms with E-state index in [0.717, 1.165) is 12.1 Å². The third-order valence-electron chi connectivity index (χ3n) is 2.58. The van der Waals surface area contributed by atoms with Crippen LogP contribution < -0.4 is 5.32 Å². The largest absolute Gasteiger partial charge is 0.476 e. The van der Waals surface area contributed by atoms with Crippen LogP contribution in [0.5, 0.6) is 0 Å². The first-order chi connectivity index (χ1) is 8.58. The number of aromatic carboxylic acids is 1. The van der Waals surface area contributed by atoms with Crippen molar-refractivity contribution < 1.29 is 9.90 Å². The van der Waals surface area contributed by atoms with Gasteiger partial charge in [0.05, 0.1) is 0 Å². The summed E-state index contributed by atoms with van der Waals surface area (Å²) in [5, 5.41) is 16.8. The van der Waals surface area contributed by atoms with Gasteiger partial charge in [0.25, 0.3) is 0 Å². The number of aromatic nitrogens is 3. The van der Waals surface area contributed by atoms with Crippen LogP contribution in [0.4, 0.5) is 5.13 Å². The van der Waals surface area contributed by atoms with Crippen LogP contribution in [0.1, 0.15) is 21.1 Å². The van der Waals surface area contributed by atoms with Crippen LogP contribution in [0, 0.1) is 6.92 Å². The highest BCUT2D eigenvalue weighted by Crippen LogP contribution is 2.21. The zero-order valence-electron chi connectivity index (χ0n) is 10.2. The van der Waals surface area contributed by atoms with Crippen molar-refractivity contribution in [2.45, 2.75) is 13.3 Å². The summed E-state index contributed by atoms with van der Waals surface area (Å²) >= 11 is 1.36. The molecule has 6 nitrogen and oxygen atoms in total. The van der Waals surface area contributed by atoms with Gasteiger partial charge in [0.15, 0.2) is 10.8 Å². The smallest absolute Gasteiger partial charge is 0.355 e. The maximum absolute atomic E-state index is 10.8. The number of hydrogen-bond acceptors (Lipinski definition) is 5. The fourth-order valence-corrected chi connectivity index (χ4v) is 2.45. The Labute approximate surface area is 108 Å². The minimum Gasteiger partial charge on any atom is -0.476 e. The molecule has 0 aliphatic heterocycles. The number of anilines is 1. The number of carboxylic acids is 1. The van der Waals surface area contributed by atoms with Gasteiger partial charge < -0.3 is 10.4 Å². The van der Waals surface area contributed by atoms with Crippen LogP contribution in [0.15, 0.2) is 12.3 Å². The third-order valence-corrected chi connectivity index (χ3v) is 3.51. The minimum absolute atomic E-state index is 0.128. The summed E-state index contributed by atoms with van der Waals surface area (Å²) in [6, 6.07) is 1.96. The summed E-state index contributed by atoms with van der Waals surface area (Å²) in [7, 11) is 1.89. The van der Waals surface area contributed by atoms with Crippen molar-refractivity contribution >= 4 is 22.4 Å². The first-order valence-electron chi connectivity index (χ1n) is 5.49. The average Bonchev–Trinajstić information content (AvgIpc) is 2.86. The lowest BCUT2D eigenvalue weighted by molar-refractivity contribution is 0.0690. The van der Waals surface area contributed by atoms with Crippen molar-refractivity contribution in [1.82, 2.24) is 14.8 Å². The van der Waals surface area contributed by atoms with Gasteiger partial charge >= 0.3 is 5.97 Å². The first-order valence-corrected chi connectivity index (χ1v) is 6.31. The van der Waals surface area contributed by atoms with Gasteiger partial charge in [-0.15, -0.1) is 11.3 Å². The Morgan fingerprint density at radius 1 is 1.61 bits per heavy atom. The number of aryl methyl sites for hydroxylation is 2. The maximum atomic E-state index is 10.8. The molecule has 0 amide bonds. The Hall–Kier alpha value is -1.89. The fourth-order valence-electron chi connectivity index (χ4n) is 1.61. The van der Waals surface area contributed by atoms with Crippen molar-refractivity contribution in [2.75, 3.05) is 11.9 Å². The van der Waals surface area contributed by atoms with Gasteiger partial charge in [-0.2, -0.15) is 5.10 Å². The summed E-state index contributed by atoms with van der Waals surface area (Å²) < 4.78 is 1.82. The summed E-state index contributed by atoms with van der Waals surface area (Å²) in [6.45, 7) is 2.46. The lowest BCUT2D eigenvalue weighted by Gasteiger charge is -2.02. The van der Waals surface area contributed by atoms with E-state index < -0.39 is 5.97 Å². The molecule has 2 rings (SSSR count). The lowest BCUT2D eigenvalue weighted by Crippen LogP contribution is -2.08. The Balaban J connectivity index is 1.93. The molecular weight excluding hydrogens is 252 g/mol. The van der Waals surface area contributed by atoms with Crippen LogP contribution in [0.3, 0.4) is 0 Å². The van der Waals surface area contributed by atoms with Gasteiger partial charge in [0, 0.05) is 36.8 Å². The SMILES string of the molecule is Cc1sc(NCCc2ccnn2C)nc1C(=O)O. The number of hydrogen-bond donors (Lipinski definition) is 2. The second-order valence-electron chi connectivity index (χ2n) is 3.85.